The number of halogens is 1. The standard InChI is InChI=1S/C21H18FN7O2S/c22-18-11-26-21(28-15-3-1-2-13(8-15)12-32(24,30)31)29-20(18)27-16-4-5-19-17(9-16)14(6-7-23)10-25-19/h1-6,9,11-12,25H,8,10H2,(H2,24,30,31)(H2,26,27,28,29)/b13-12+,14-6+. The van der Waals surface area contributed by atoms with Gasteiger partial charge >= 0.3 is 0 Å². The van der Waals surface area contributed by atoms with Crippen LogP contribution in [0.4, 0.5) is 27.5 Å². The molecule has 0 spiro atoms. The van der Waals surface area contributed by atoms with Gasteiger partial charge in [-0.2, -0.15) is 10.2 Å². The molecule has 0 amide bonds. The molecule has 0 radical (unpaired) electrons. The third-order valence-electron chi connectivity index (χ3n) is 4.67. The summed E-state index contributed by atoms with van der Waals surface area (Å²) in [6, 6.07) is 7.45. The zero-order valence-corrected chi connectivity index (χ0v) is 17.4. The largest absolute Gasteiger partial charge is 0.380 e. The van der Waals surface area contributed by atoms with Crippen molar-refractivity contribution in [1.29, 1.82) is 5.26 Å². The lowest BCUT2D eigenvalue weighted by atomic mass is 10.1. The first kappa shape index (κ1) is 21.2. The first-order valence-corrected chi connectivity index (χ1v) is 11.1. The molecule has 9 nitrogen and oxygen atoms in total. The Kier molecular flexibility index (Phi) is 5.72. The van der Waals surface area contributed by atoms with Gasteiger partial charge in [-0.25, -0.2) is 22.9 Å². The van der Waals surface area contributed by atoms with E-state index < -0.39 is 15.8 Å². The third-order valence-corrected chi connectivity index (χ3v) is 5.30. The molecule has 11 heteroatoms. The molecular formula is C21H18FN7O2S. The molecule has 2 aliphatic rings. The molecule has 1 aromatic heterocycles. The zero-order chi connectivity index (χ0) is 22.7. The molecule has 162 valence electrons. The van der Waals surface area contributed by atoms with Crippen molar-refractivity contribution in [2.75, 3.05) is 22.5 Å². The quantitative estimate of drug-likeness (QED) is 0.507. The van der Waals surface area contributed by atoms with E-state index in [4.69, 9.17) is 10.4 Å². The summed E-state index contributed by atoms with van der Waals surface area (Å²) in [6.45, 7) is 0.549. The Morgan fingerprint density at radius 1 is 1.31 bits per heavy atom. The molecule has 1 aromatic carbocycles. The minimum atomic E-state index is -3.76. The van der Waals surface area contributed by atoms with Crippen LogP contribution in [0.15, 0.2) is 65.4 Å². The fourth-order valence-corrected chi connectivity index (χ4v) is 3.92. The Labute approximate surface area is 183 Å². The fourth-order valence-electron chi connectivity index (χ4n) is 3.33. The predicted molar refractivity (Wildman–Crippen MR) is 120 cm³/mol. The number of benzene rings is 1. The van der Waals surface area contributed by atoms with Crippen molar-refractivity contribution in [2.24, 2.45) is 5.14 Å². The molecule has 5 N–H and O–H groups in total. The summed E-state index contributed by atoms with van der Waals surface area (Å²) in [5.41, 5.74) is 4.30. The SMILES string of the molecule is N#C/C=C1\CNc2ccc(Nc3nc(NC4=CC=C/C(=C\S(N)(=O)=O)C4)ncc3F)cc21. The number of nitrogens with one attached hydrogen (secondary N) is 3. The summed E-state index contributed by atoms with van der Waals surface area (Å²) in [4.78, 5) is 8.14. The Morgan fingerprint density at radius 2 is 2.16 bits per heavy atom. The second kappa shape index (κ2) is 8.62. The van der Waals surface area contributed by atoms with Gasteiger partial charge in [0, 0.05) is 47.1 Å². The number of anilines is 4. The van der Waals surface area contributed by atoms with E-state index >= 15 is 0 Å². The van der Waals surface area contributed by atoms with E-state index in [1.165, 1.54) is 6.08 Å². The maximum absolute atomic E-state index is 14.4. The maximum Gasteiger partial charge on any atom is 0.231 e. The number of aromatic nitrogens is 2. The average Bonchev–Trinajstić information content (AvgIpc) is 3.12. The number of nitrogens with two attached hydrogens (primary N) is 1. The smallest absolute Gasteiger partial charge is 0.231 e. The highest BCUT2D eigenvalue weighted by atomic mass is 32.2. The van der Waals surface area contributed by atoms with Crippen molar-refractivity contribution in [3.63, 3.8) is 0 Å². The third kappa shape index (κ3) is 5.00. The number of sulfonamides is 1. The lowest BCUT2D eigenvalue weighted by molar-refractivity contribution is 0.606. The van der Waals surface area contributed by atoms with Crippen LogP contribution in [0.2, 0.25) is 0 Å². The first-order chi connectivity index (χ1) is 15.3. The molecule has 0 saturated heterocycles. The number of primary sulfonamides is 1. The Hall–Kier alpha value is -4.01. The highest BCUT2D eigenvalue weighted by Crippen LogP contribution is 2.33. The number of hydrogen-bond donors (Lipinski definition) is 4. The fraction of sp³-hybridized carbons (Fsp3) is 0.0952. The van der Waals surface area contributed by atoms with Crippen molar-refractivity contribution in [2.45, 2.75) is 6.42 Å². The van der Waals surface area contributed by atoms with Crippen LogP contribution in [0, 0.1) is 17.1 Å². The van der Waals surface area contributed by atoms with E-state index in [9.17, 15) is 12.8 Å². The van der Waals surface area contributed by atoms with Gasteiger partial charge in [-0.15, -0.1) is 0 Å². The zero-order valence-electron chi connectivity index (χ0n) is 16.6. The summed E-state index contributed by atoms with van der Waals surface area (Å²) >= 11 is 0. The highest BCUT2D eigenvalue weighted by molar-refractivity contribution is 7.92. The molecule has 1 aliphatic heterocycles. The van der Waals surface area contributed by atoms with Gasteiger partial charge in [0.15, 0.2) is 11.6 Å². The average molecular weight is 451 g/mol. The minimum absolute atomic E-state index is 0.0357. The lowest BCUT2D eigenvalue weighted by Gasteiger charge is -2.14. The van der Waals surface area contributed by atoms with Gasteiger partial charge in [0.25, 0.3) is 0 Å². The van der Waals surface area contributed by atoms with Gasteiger partial charge in [-0.1, -0.05) is 12.2 Å². The van der Waals surface area contributed by atoms with Crippen LogP contribution < -0.4 is 21.1 Å². The second-order valence-corrected chi connectivity index (χ2v) is 8.48. The maximum atomic E-state index is 14.4. The molecule has 32 heavy (non-hydrogen) atoms. The topological polar surface area (TPSA) is 146 Å². The molecule has 0 bridgehead atoms. The lowest BCUT2D eigenvalue weighted by Crippen LogP contribution is -2.11. The Morgan fingerprint density at radius 3 is 2.94 bits per heavy atom. The number of rotatable bonds is 5. The van der Waals surface area contributed by atoms with Crippen molar-refractivity contribution >= 4 is 38.7 Å². The molecule has 0 atom stereocenters. The van der Waals surface area contributed by atoms with Crippen molar-refractivity contribution in [3.05, 3.63) is 76.8 Å². The summed E-state index contributed by atoms with van der Waals surface area (Å²) in [5, 5.41) is 24.1. The molecule has 0 saturated carbocycles. The van der Waals surface area contributed by atoms with Gasteiger partial charge < -0.3 is 16.0 Å². The van der Waals surface area contributed by atoms with Crippen LogP contribution >= 0.6 is 0 Å². The van der Waals surface area contributed by atoms with Gasteiger partial charge in [-0.05, 0) is 35.4 Å². The number of nitriles is 1. The van der Waals surface area contributed by atoms with E-state index in [-0.39, 0.29) is 18.2 Å². The number of fused-ring (bicyclic) bond motifs is 1. The monoisotopic (exact) mass is 451 g/mol. The Balaban J connectivity index is 1.53. The van der Waals surface area contributed by atoms with Gasteiger partial charge in [-0.3, -0.25) is 0 Å². The molecule has 1 aliphatic carbocycles. The normalized spacial score (nSPS) is 17.5. The first-order valence-electron chi connectivity index (χ1n) is 9.45. The van der Waals surface area contributed by atoms with Crippen LogP contribution in [0.5, 0.6) is 0 Å². The van der Waals surface area contributed by atoms with E-state index in [2.05, 4.69) is 25.9 Å². The van der Waals surface area contributed by atoms with Crippen LogP contribution in [-0.4, -0.2) is 24.9 Å². The van der Waals surface area contributed by atoms with Gasteiger partial charge in [0.1, 0.15) is 0 Å². The molecular weight excluding hydrogens is 433 g/mol. The Bertz CT molecular complexity index is 1350. The summed E-state index contributed by atoms with van der Waals surface area (Å²) in [7, 11) is -3.76. The van der Waals surface area contributed by atoms with E-state index in [0.29, 0.717) is 23.5 Å². The number of nitrogens with zero attached hydrogens (tertiary/aromatic N) is 3. The van der Waals surface area contributed by atoms with Gasteiger partial charge in [0.2, 0.25) is 16.0 Å². The molecule has 0 unspecified atom stereocenters. The minimum Gasteiger partial charge on any atom is -0.380 e. The van der Waals surface area contributed by atoms with Crippen molar-refractivity contribution in [3.8, 4) is 6.07 Å². The van der Waals surface area contributed by atoms with Crippen LogP contribution in [0.3, 0.4) is 0 Å². The molecule has 0 fully saturated rings. The molecule has 2 aromatic rings. The predicted octanol–water partition coefficient (Wildman–Crippen LogP) is 3.12. The van der Waals surface area contributed by atoms with Crippen LogP contribution in [0.25, 0.3) is 5.57 Å². The molecule has 2 heterocycles. The number of allylic oxidation sites excluding steroid dienone is 5. The summed E-state index contributed by atoms with van der Waals surface area (Å²) in [6.07, 6.45) is 7.80. The van der Waals surface area contributed by atoms with E-state index in [0.717, 1.165) is 28.4 Å². The number of hydrogen-bond acceptors (Lipinski definition) is 8. The summed E-state index contributed by atoms with van der Waals surface area (Å²) < 4.78 is 36.9. The van der Waals surface area contributed by atoms with Crippen molar-refractivity contribution < 1.29 is 12.8 Å². The molecule has 4 rings (SSSR count). The van der Waals surface area contributed by atoms with Gasteiger partial charge in [0.05, 0.1) is 12.3 Å². The van der Waals surface area contributed by atoms with E-state index in [1.54, 1.807) is 24.3 Å². The van der Waals surface area contributed by atoms with Crippen molar-refractivity contribution in [1.82, 2.24) is 9.97 Å². The van der Waals surface area contributed by atoms with Crippen LogP contribution in [-0.2, 0) is 10.0 Å². The summed E-state index contributed by atoms with van der Waals surface area (Å²) in [5.74, 6) is -0.543. The van der Waals surface area contributed by atoms with Crippen LogP contribution in [0.1, 0.15) is 12.0 Å². The second-order valence-electron chi connectivity index (χ2n) is 7.06. The van der Waals surface area contributed by atoms with E-state index in [1.807, 2.05) is 18.2 Å². The highest BCUT2D eigenvalue weighted by Gasteiger charge is 2.17.